The van der Waals surface area contributed by atoms with Gasteiger partial charge in [-0.05, 0) is 48.9 Å². The number of rotatable bonds is 3. The first kappa shape index (κ1) is 27.1. The van der Waals surface area contributed by atoms with Crippen LogP contribution in [0.25, 0.3) is 10.8 Å². The minimum Gasteiger partial charge on any atom is -0.507 e. The molecule has 3 heterocycles. The van der Waals surface area contributed by atoms with Gasteiger partial charge in [-0.3, -0.25) is 4.79 Å². The highest BCUT2D eigenvalue weighted by atomic mass is 32.1. The average Bonchev–Trinajstić information content (AvgIpc) is 3.25. The highest BCUT2D eigenvalue weighted by Gasteiger charge is 2.28. The molecule has 0 saturated heterocycles. The third-order valence-corrected chi connectivity index (χ3v) is 8.73. The summed E-state index contributed by atoms with van der Waals surface area (Å²) in [6.07, 6.45) is 1.89. The first-order valence-corrected chi connectivity index (χ1v) is 14.1. The summed E-state index contributed by atoms with van der Waals surface area (Å²) in [6, 6.07) is 7.50. The molecule has 5 rings (SSSR count). The molecule has 0 amide bonds. The van der Waals surface area contributed by atoms with E-state index in [1.807, 2.05) is 72.0 Å². The number of Topliss-reactive ketones (excluding diaryl/α,β-unsaturated/α-hetero) is 1. The Balaban J connectivity index is 1.49. The van der Waals surface area contributed by atoms with Crippen LogP contribution in [-0.4, -0.2) is 15.5 Å². The molecule has 1 aliphatic rings. The summed E-state index contributed by atoms with van der Waals surface area (Å²) in [5, 5.41) is 12.8. The number of nitrogens with zero attached hydrogens (tertiary/aromatic N) is 1. The average molecular weight is 547 g/mol. The highest BCUT2D eigenvalue weighted by molar-refractivity contribution is 7.12. The van der Waals surface area contributed by atoms with Crippen molar-refractivity contribution >= 4 is 33.7 Å². The van der Waals surface area contributed by atoms with Crippen molar-refractivity contribution in [1.29, 1.82) is 0 Å². The first-order valence-electron chi connectivity index (χ1n) is 13.3. The van der Waals surface area contributed by atoms with E-state index in [1.165, 1.54) is 20.9 Å². The Labute approximate surface area is 234 Å². The number of thiophene rings is 1. The number of hydrogen-bond acceptors (Lipinski definition) is 6. The van der Waals surface area contributed by atoms with Crippen LogP contribution in [0.1, 0.15) is 83.9 Å². The number of fused-ring (bicyclic) bond motifs is 3. The van der Waals surface area contributed by atoms with Gasteiger partial charge in [-0.25, -0.2) is 0 Å². The number of nitrogens with two attached hydrogens (primary N) is 1. The summed E-state index contributed by atoms with van der Waals surface area (Å²) in [5.41, 5.74) is 10.4. The van der Waals surface area contributed by atoms with Crippen LogP contribution in [0, 0.1) is 13.8 Å². The van der Waals surface area contributed by atoms with E-state index < -0.39 is 0 Å². The van der Waals surface area contributed by atoms with Crippen LogP contribution in [0.4, 0.5) is 5.82 Å². The van der Waals surface area contributed by atoms with Gasteiger partial charge in [0.05, 0.1) is 6.54 Å². The molecule has 7 heteroatoms. The van der Waals surface area contributed by atoms with E-state index in [0.29, 0.717) is 36.1 Å². The molecular weight excluding hydrogens is 508 g/mol. The van der Waals surface area contributed by atoms with Crippen molar-refractivity contribution in [1.82, 2.24) is 4.57 Å². The van der Waals surface area contributed by atoms with E-state index >= 15 is 0 Å². The molecule has 4 aromatic rings. The smallest absolute Gasteiger partial charge is 0.182 e. The second kappa shape index (κ2) is 9.33. The zero-order valence-electron chi connectivity index (χ0n) is 24.1. The van der Waals surface area contributed by atoms with Crippen molar-refractivity contribution in [3.63, 3.8) is 0 Å². The second-order valence-corrected chi connectivity index (χ2v) is 14.0. The van der Waals surface area contributed by atoms with Crippen LogP contribution in [0.15, 0.2) is 30.5 Å². The molecule has 0 fully saturated rings. The molecule has 1 aliphatic heterocycles. The van der Waals surface area contributed by atoms with Crippen LogP contribution in [0.5, 0.6) is 17.2 Å². The third-order valence-electron chi connectivity index (χ3n) is 7.62. The number of carbonyl (C=O) groups is 1. The van der Waals surface area contributed by atoms with Crippen LogP contribution in [0.2, 0.25) is 0 Å². The number of ether oxygens (including phenoxy) is 2. The highest BCUT2D eigenvalue weighted by Crippen LogP contribution is 2.42. The normalized spacial score (nSPS) is 13.7. The summed E-state index contributed by atoms with van der Waals surface area (Å²) in [6.45, 7) is 17.5. The van der Waals surface area contributed by atoms with Gasteiger partial charge in [0, 0.05) is 54.5 Å². The van der Waals surface area contributed by atoms with Crippen LogP contribution in [0.3, 0.4) is 0 Å². The number of ketones is 1. The SMILES string of the molecule is Cc1sc(C)c2c1COc1cc3cn(CC(=O)c4cc(C(C)(C)C)c(O)c(C(C)(C)C)c4)c(N)c3cc1OC2. The fraction of sp³-hybridized carbons (Fsp3) is 0.406. The monoisotopic (exact) mass is 546 g/mol. The maximum Gasteiger partial charge on any atom is 0.182 e. The van der Waals surface area contributed by atoms with Crippen molar-refractivity contribution in [3.8, 4) is 17.2 Å². The number of phenols is 1. The number of hydrogen-bond donors (Lipinski definition) is 2. The molecule has 3 N–H and O–H groups in total. The maximum atomic E-state index is 13.6. The molecule has 0 unspecified atom stereocenters. The van der Waals surface area contributed by atoms with Gasteiger partial charge in [-0.1, -0.05) is 41.5 Å². The van der Waals surface area contributed by atoms with Crippen molar-refractivity contribution < 1.29 is 19.4 Å². The van der Waals surface area contributed by atoms with Gasteiger partial charge in [0.2, 0.25) is 0 Å². The van der Waals surface area contributed by atoms with Gasteiger partial charge in [0.1, 0.15) is 24.8 Å². The number of phenolic OH excluding ortho intramolecular Hbond substituents is 1. The predicted molar refractivity (Wildman–Crippen MR) is 159 cm³/mol. The third kappa shape index (κ3) is 4.89. The number of anilines is 1. The zero-order chi connectivity index (χ0) is 28.4. The lowest BCUT2D eigenvalue weighted by atomic mass is 9.78. The fourth-order valence-electron chi connectivity index (χ4n) is 5.29. The Morgan fingerprint density at radius 1 is 0.923 bits per heavy atom. The largest absolute Gasteiger partial charge is 0.507 e. The fourth-order valence-corrected chi connectivity index (χ4v) is 6.36. The Kier molecular flexibility index (Phi) is 6.49. The van der Waals surface area contributed by atoms with Crippen LogP contribution in [-0.2, 0) is 30.6 Å². The Bertz CT molecular complexity index is 1580. The van der Waals surface area contributed by atoms with E-state index in [1.54, 1.807) is 15.9 Å². The predicted octanol–water partition coefficient (Wildman–Crippen LogP) is 7.56. The molecular formula is C32H38N2O4S. The quantitative estimate of drug-likeness (QED) is 0.259. The molecule has 2 aromatic carbocycles. The number of aryl methyl sites for hydroxylation is 2. The van der Waals surface area contributed by atoms with Gasteiger partial charge >= 0.3 is 0 Å². The van der Waals surface area contributed by atoms with Gasteiger partial charge in [0.15, 0.2) is 17.3 Å². The van der Waals surface area contributed by atoms with E-state index in [4.69, 9.17) is 15.2 Å². The molecule has 0 saturated carbocycles. The van der Waals surface area contributed by atoms with Crippen molar-refractivity contribution in [2.75, 3.05) is 5.73 Å². The summed E-state index contributed by atoms with van der Waals surface area (Å²) in [5.74, 6) is 2.01. The lowest BCUT2D eigenvalue weighted by Crippen LogP contribution is -2.20. The van der Waals surface area contributed by atoms with Crippen molar-refractivity contribution in [3.05, 3.63) is 68.0 Å². The molecule has 0 atom stereocenters. The van der Waals surface area contributed by atoms with Crippen LogP contribution >= 0.6 is 11.3 Å². The van der Waals surface area contributed by atoms with Gasteiger partial charge < -0.3 is 24.9 Å². The van der Waals surface area contributed by atoms with E-state index in [2.05, 4.69) is 13.8 Å². The molecule has 6 nitrogen and oxygen atoms in total. The molecule has 0 radical (unpaired) electrons. The summed E-state index contributed by atoms with van der Waals surface area (Å²) < 4.78 is 14.2. The topological polar surface area (TPSA) is 86.7 Å². The molecule has 39 heavy (non-hydrogen) atoms. The standard InChI is InChI=1S/C32H38N2O4S/c1-17-22-15-37-27-11-20-13-34(30(33)21(20)12-28(27)38-16-23(22)18(2)39-17)14-26(35)19-9-24(31(3,4)5)29(36)25(10-19)32(6,7)8/h9-13,36H,14-16,33H2,1-8H3. The van der Waals surface area contributed by atoms with Crippen LogP contribution < -0.4 is 15.2 Å². The Morgan fingerprint density at radius 3 is 1.95 bits per heavy atom. The van der Waals surface area contributed by atoms with E-state index in [0.717, 1.165) is 21.9 Å². The minimum atomic E-state index is -0.321. The molecule has 0 bridgehead atoms. The van der Waals surface area contributed by atoms with Gasteiger partial charge in [-0.15, -0.1) is 11.3 Å². The molecule has 0 spiro atoms. The van der Waals surface area contributed by atoms with E-state index in [9.17, 15) is 9.90 Å². The molecule has 0 aliphatic carbocycles. The molecule has 2 aromatic heterocycles. The summed E-state index contributed by atoms with van der Waals surface area (Å²) >= 11 is 1.77. The van der Waals surface area contributed by atoms with Crippen molar-refractivity contribution in [2.45, 2.75) is 86.0 Å². The summed E-state index contributed by atoms with van der Waals surface area (Å²) in [4.78, 5) is 16.1. The number of benzene rings is 2. The lowest BCUT2D eigenvalue weighted by molar-refractivity contribution is 0.0972. The zero-order valence-corrected chi connectivity index (χ0v) is 24.9. The maximum absolute atomic E-state index is 13.6. The Morgan fingerprint density at radius 2 is 1.44 bits per heavy atom. The number of carbonyl (C=O) groups excluding carboxylic acids is 1. The van der Waals surface area contributed by atoms with Gasteiger partial charge in [0.25, 0.3) is 0 Å². The summed E-state index contributed by atoms with van der Waals surface area (Å²) in [7, 11) is 0. The lowest BCUT2D eigenvalue weighted by Gasteiger charge is -2.28. The first-order chi connectivity index (χ1) is 18.1. The second-order valence-electron chi connectivity index (χ2n) is 12.6. The number of aromatic hydroxyl groups is 1. The Hall–Kier alpha value is -3.45. The van der Waals surface area contributed by atoms with Gasteiger partial charge in [-0.2, -0.15) is 0 Å². The van der Waals surface area contributed by atoms with Crippen molar-refractivity contribution in [2.24, 2.45) is 0 Å². The molecule has 206 valence electrons. The van der Waals surface area contributed by atoms with E-state index in [-0.39, 0.29) is 28.9 Å². The minimum absolute atomic E-state index is 0.0704. The number of nitrogen functional groups attached to an aromatic ring is 1. The number of aromatic nitrogens is 1.